The van der Waals surface area contributed by atoms with Gasteiger partial charge in [-0.1, -0.05) is 0 Å². The van der Waals surface area contributed by atoms with Gasteiger partial charge in [0.1, 0.15) is 5.52 Å². The monoisotopic (exact) mass is 401 g/mol. The summed E-state index contributed by atoms with van der Waals surface area (Å²) >= 11 is 0. The Morgan fingerprint density at radius 3 is 2.63 bits per heavy atom. The normalized spacial score (nSPS) is 15.0. The molecule has 5 heterocycles. The highest BCUT2D eigenvalue weighted by Crippen LogP contribution is 2.26. The number of nitrogens with zero attached hydrogens (tertiary/aromatic N) is 7. The SMILES string of the molecule is Cc1cc2c(N3CCC(Cn4nc(-c5ccncc5)ccc4=O)CC3)nccn2n1. The van der Waals surface area contributed by atoms with Gasteiger partial charge >= 0.3 is 0 Å². The summed E-state index contributed by atoms with van der Waals surface area (Å²) < 4.78 is 3.49. The van der Waals surface area contributed by atoms with Gasteiger partial charge in [-0.25, -0.2) is 14.2 Å². The molecule has 1 aliphatic rings. The van der Waals surface area contributed by atoms with Crippen molar-refractivity contribution in [3.63, 3.8) is 0 Å². The topological polar surface area (TPSA) is 81.2 Å². The third-order valence-electron chi connectivity index (χ3n) is 5.68. The fourth-order valence-corrected chi connectivity index (χ4v) is 4.10. The van der Waals surface area contributed by atoms with Crippen molar-refractivity contribution in [2.45, 2.75) is 26.3 Å². The number of anilines is 1. The van der Waals surface area contributed by atoms with E-state index in [2.05, 4.69) is 31.1 Å². The van der Waals surface area contributed by atoms with Crippen LogP contribution in [-0.4, -0.2) is 42.5 Å². The van der Waals surface area contributed by atoms with E-state index >= 15 is 0 Å². The molecule has 0 radical (unpaired) electrons. The molecule has 0 atom stereocenters. The van der Waals surface area contributed by atoms with Gasteiger partial charge < -0.3 is 4.90 Å². The number of hydrogen-bond acceptors (Lipinski definition) is 6. The second-order valence-electron chi connectivity index (χ2n) is 7.77. The van der Waals surface area contributed by atoms with E-state index in [0.717, 1.165) is 54.2 Å². The molecule has 0 N–H and O–H groups in total. The average Bonchev–Trinajstić information content (AvgIpc) is 3.17. The molecule has 4 aromatic rings. The molecule has 0 bridgehead atoms. The lowest BCUT2D eigenvalue weighted by atomic mass is 9.97. The third kappa shape index (κ3) is 3.56. The second-order valence-corrected chi connectivity index (χ2v) is 7.77. The van der Waals surface area contributed by atoms with E-state index in [4.69, 9.17) is 0 Å². The van der Waals surface area contributed by atoms with E-state index in [1.54, 1.807) is 35.4 Å². The number of aryl methyl sites for hydroxylation is 1. The second kappa shape index (κ2) is 7.70. The van der Waals surface area contributed by atoms with Crippen molar-refractivity contribution in [2.75, 3.05) is 18.0 Å². The number of hydrogen-bond donors (Lipinski definition) is 0. The Morgan fingerprint density at radius 2 is 1.83 bits per heavy atom. The lowest BCUT2D eigenvalue weighted by Gasteiger charge is -2.33. The molecule has 4 aromatic heterocycles. The van der Waals surface area contributed by atoms with E-state index < -0.39 is 0 Å². The molecule has 0 unspecified atom stereocenters. The lowest BCUT2D eigenvalue weighted by Crippen LogP contribution is -2.37. The van der Waals surface area contributed by atoms with Gasteiger partial charge in [-0.15, -0.1) is 0 Å². The summed E-state index contributed by atoms with van der Waals surface area (Å²) in [6.45, 7) is 4.43. The summed E-state index contributed by atoms with van der Waals surface area (Å²) in [5.41, 5.74) is 3.72. The largest absolute Gasteiger partial charge is 0.355 e. The van der Waals surface area contributed by atoms with Crippen LogP contribution >= 0.6 is 0 Å². The van der Waals surface area contributed by atoms with Gasteiger partial charge in [0.2, 0.25) is 0 Å². The third-order valence-corrected chi connectivity index (χ3v) is 5.68. The first kappa shape index (κ1) is 18.5. The van der Waals surface area contributed by atoms with Crippen molar-refractivity contribution in [1.29, 1.82) is 0 Å². The molecule has 0 aliphatic carbocycles. The number of pyridine rings is 1. The van der Waals surface area contributed by atoms with Crippen molar-refractivity contribution in [2.24, 2.45) is 5.92 Å². The summed E-state index contributed by atoms with van der Waals surface area (Å²) in [6.07, 6.45) is 9.13. The number of rotatable bonds is 4. The van der Waals surface area contributed by atoms with Gasteiger partial charge in [-0.3, -0.25) is 9.78 Å². The van der Waals surface area contributed by atoms with Crippen LogP contribution in [0.15, 0.2) is 59.9 Å². The van der Waals surface area contributed by atoms with Crippen LogP contribution in [0, 0.1) is 12.8 Å². The standard InChI is InChI=1S/C22H23N7O/c1-16-14-20-22(24-10-13-28(20)25-16)27-11-6-17(7-12-27)15-29-21(30)3-2-19(26-29)18-4-8-23-9-5-18/h2-5,8-10,13-14,17H,6-7,11-12,15H2,1H3. The molecule has 1 fully saturated rings. The minimum absolute atomic E-state index is 0.0589. The lowest BCUT2D eigenvalue weighted by molar-refractivity contribution is 0.335. The Hall–Kier alpha value is -3.55. The fraction of sp³-hybridized carbons (Fsp3) is 0.318. The molecule has 1 saturated heterocycles. The number of aromatic nitrogens is 6. The van der Waals surface area contributed by atoms with Gasteiger partial charge in [0.25, 0.3) is 5.56 Å². The van der Waals surface area contributed by atoms with Crippen LogP contribution < -0.4 is 10.5 Å². The molecule has 0 aromatic carbocycles. The summed E-state index contributed by atoms with van der Waals surface area (Å²) in [4.78, 5) is 23.3. The van der Waals surface area contributed by atoms with Crippen LogP contribution in [0.4, 0.5) is 5.82 Å². The molecule has 8 nitrogen and oxygen atoms in total. The van der Waals surface area contributed by atoms with Crippen molar-refractivity contribution >= 4 is 11.3 Å². The fourth-order valence-electron chi connectivity index (χ4n) is 4.10. The maximum absolute atomic E-state index is 12.4. The van der Waals surface area contributed by atoms with E-state index in [1.807, 2.05) is 29.8 Å². The Bertz CT molecular complexity index is 1220. The smallest absolute Gasteiger partial charge is 0.266 e. The molecule has 30 heavy (non-hydrogen) atoms. The van der Waals surface area contributed by atoms with Crippen LogP contribution in [0.5, 0.6) is 0 Å². The summed E-state index contributed by atoms with van der Waals surface area (Å²) in [5.74, 6) is 1.39. The molecule has 8 heteroatoms. The minimum atomic E-state index is -0.0589. The Labute approximate surface area is 173 Å². The predicted octanol–water partition coefficient (Wildman–Crippen LogP) is 2.57. The molecule has 0 spiro atoms. The van der Waals surface area contributed by atoms with Crippen molar-refractivity contribution in [3.05, 3.63) is 71.2 Å². The van der Waals surface area contributed by atoms with Gasteiger partial charge in [0.15, 0.2) is 5.82 Å². The van der Waals surface area contributed by atoms with Crippen molar-refractivity contribution in [1.82, 2.24) is 29.4 Å². The molecule has 152 valence electrons. The maximum Gasteiger partial charge on any atom is 0.266 e. The highest BCUT2D eigenvalue weighted by molar-refractivity contribution is 5.69. The summed E-state index contributed by atoms with van der Waals surface area (Å²) in [6, 6.07) is 9.26. The molecular formula is C22H23N7O. The molecule has 0 saturated carbocycles. The maximum atomic E-state index is 12.4. The van der Waals surface area contributed by atoms with Crippen LogP contribution in [0.3, 0.4) is 0 Å². The Kier molecular flexibility index (Phi) is 4.74. The van der Waals surface area contributed by atoms with Crippen molar-refractivity contribution < 1.29 is 0 Å². The first-order valence-corrected chi connectivity index (χ1v) is 10.2. The van der Waals surface area contributed by atoms with Gasteiger partial charge in [0.05, 0.1) is 11.4 Å². The number of piperidine rings is 1. The first-order valence-electron chi connectivity index (χ1n) is 10.2. The van der Waals surface area contributed by atoms with Gasteiger partial charge in [0, 0.05) is 56.1 Å². The average molecular weight is 401 g/mol. The van der Waals surface area contributed by atoms with E-state index in [-0.39, 0.29) is 5.56 Å². The van der Waals surface area contributed by atoms with E-state index in [0.29, 0.717) is 12.5 Å². The quantitative estimate of drug-likeness (QED) is 0.523. The minimum Gasteiger partial charge on any atom is -0.355 e. The Morgan fingerprint density at radius 1 is 1.03 bits per heavy atom. The highest BCUT2D eigenvalue weighted by Gasteiger charge is 2.23. The van der Waals surface area contributed by atoms with Crippen molar-refractivity contribution in [3.8, 4) is 11.3 Å². The zero-order chi connectivity index (χ0) is 20.5. The predicted molar refractivity (Wildman–Crippen MR) is 114 cm³/mol. The molecule has 1 aliphatic heterocycles. The van der Waals surface area contributed by atoms with Crippen LogP contribution in [0.2, 0.25) is 0 Å². The van der Waals surface area contributed by atoms with Gasteiger partial charge in [-0.05, 0) is 49.9 Å². The van der Waals surface area contributed by atoms with Crippen LogP contribution in [-0.2, 0) is 6.54 Å². The number of fused-ring (bicyclic) bond motifs is 1. The zero-order valence-corrected chi connectivity index (χ0v) is 16.8. The Balaban J connectivity index is 1.30. The van der Waals surface area contributed by atoms with E-state index in [9.17, 15) is 4.79 Å². The van der Waals surface area contributed by atoms with Gasteiger partial charge in [-0.2, -0.15) is 10.2 Å². The molecular weight excluding hydrogens is 378 g/mol. The summed E-state index contributed by atoms with van der Waals surface area (Å²) in [5, 5.41) is 9.08. The van der Waals surface area contributed by atoms with Crippen LogP contribution in [0.1, 0.15) is 18.5 Å². The summed E-state index contributed by atoms with van der Waals surface area (Å²) in [7, 11) is 0. The van der Waals surface area contributed by atoms with E-state index in [1.165, 1.54) is 0 Å². The first-order chi connectivity index (χ1) is 14.7. The molecule has 5 rings (SSSR count). The molecule has 0 amide bonds. The highest BCUT2D eigenvalue weighted by atomic mass is 16.1. The zero-order valence-electron chi connectivity index (χ0n) is 16.8. The van der Waals surface area contributed by atoms with Crippen LogP contribution in [0.25, 0.3) is 16.8 Å².